The molecule has 1 aliphatic carbocycles. The lowest BCUT2D eigenvalue weighted by Crippen LogP contribution is -2.48. The number of benzene rings is 1. The summed E-state index contributed by atoms with van der Waals surface area (Å²) in [5.74, 6) is -0.983. The van der Waals surface area contributed by atoms with Crippen molar-refractivity contribution in [3.63, 3.8) is 0 Å². The summed E-state index contributed by atoms with van der Waals surface area (Å²) in [5, 5.41) is 10.1. The van der Waals surface area contributed by atoms with Crippen LogP contribution in [0.4, 0.5) is 14.5 Å². The van der Waals surface area contributed by atoms with E-state index >= 15 is 0 Å². The second-order valence-corrected chi connectivity index (χ2v) is 6.48. The van der Waals surface area contributed by atoms with Crippen LogP contribution in [-0.2, 0) is 0 Å². The predicted molar refractivity (Wildman–Crippen MR) is 78.0 cm³/mol. The molecule has 2 fully saturated rings. The van der Waals surface area contributed by atoms with Gasteiger partial charge in [-0.25, -0.2) is 8.78 Å². The Morgan fingerprint density at radius 3 is 2.76 bits per heavy atom. The summed E-state index contributed by atoms with van der Waals surface area (Å²) in [6.45, 7) is 1.15. The second kappa shape index (κ2) is 5.89. The molecule has 1 saturated carbocycles. The highest BCUT2D eigenvalue weighted by molar-refractivity contribution is 5.48. The van der Waals surface area contributed by atoms with E-state index in [0.717, 1.165) is 25.3 Å². The van der Waals surface area contributed by atoms with Gasteiger partial charge in [0, 0.05) is 19.1 Å². The summed E-state index contributed by atoms with van der Waals surface area (Å²) in [7, 11) is 0. The van der Waals surface area contributed by atoms with Crippen LogP contribution in [0.2, 0.25) is 0 Å². The smallest absolute Gasteiger partial charge is 0.182 e. The standard InChI is InChI=1S/C16H22F2N2O/c17-13-2-1-3-14(16(13)18)20-8-10(6-12(19)9-20)7-15(21)11-4-5-11/h1-3,10-12,15,21H,4-9,19H2. The minimum atomic E-state index is -0.832. The average Bonchev–Trinajstić information content (AvgIpc) is 3.25. The van der Waals surface area contributed by atoms with E-state index in [1.54, 1.807) is 6.07 Å². The number of halogens is 2. The molecule has 3 atom stereocenters. The van der Waals surface area contributed by atoms with Gasteiger partial charge in [-0.15, -0.1) is 0 Å². The highest BCUT2D eigenvalue weighted by Gasteiger charge is 2.34. The zero-order valence-electron chi connectivity index (χ0n) is 12.0. The van der Waals surface area contributed by atoms with Crippen molar-refractivity contribution in [2.45, 2.75) is 37.8 Å². The first-order valence-electron chi connectivity index (χ1n) is 7.67. The molecular formula is C16H22F2N2O. The molecule has 21 heavy (non-hydrogen) atoms. The number of anilines is 1. The molecule has 0 radical (unpaired) electrons. The van der Waals surface area contributed by atoms with Crippen LogP contribution >= 0.6 is 0 Å². The summed E-state index contributed by atoms with van der Waals surface area (Å²) in [6.07, 6.45) is 3.45. The van der Waals surface area contributed by atoms with Crippen molar-refractivity contribution in [1.82, 2.24) is 0 Å². The van der Waals surface area contributed by atoms with Gasteiger partial charge in [-0.3, -0.25) is 0 Å². The van der Waals surface area contributed by atoms with Crippen LogP contribution in [0.3, 0.4) is 0 Å². The maximum absolute atomic E-state index is 13.9. The third-order valence-corrected chi connectivity index (χ3v) is 4.58. The summed E-state index contributed by atoms with van der Waals surface area (Å²) in [5.41, 5.74) is 6.34. The first kappa shape index (κ1) is 14.7. The van der Waals surface area contributed by atoms with Crippen molar-refractivity contribution >= 4 is 5.69 Å². The van der Waals surface area contributed by atoms with Gasteiger partial charge in [0.1, 0.15) is 0 Å². The van der Waals surface area contributed by atoms with Gasteiger partial charge in [0.2, 0.25) is 0 Å². The normalized spacial score (nSPS) is 27.7. The predicted octanol–water partition coefficient (Wildman–Crippen LogP) is 2.28. The molecule has 3 nitrogen and oxygen atoms in total. The van der Waals surface area contributed by atoms with Gasteiger partial charge in [0.15, 0.2) is 11.6 Å². The van der Waals surface area contributed by atoms with Gasteiger partial charge in [-0.05, 0) is 49.7 Å². The van der Waals surface area contributed by atoms with E-state index in [1.165, 1.54) is 6.07 Å². The molecule has 1 aromatic carbocycles. The van der Waals surface area contributed by atoms with Crippen LogP contribution in [0.5, 0.6) is 0 Å². The minimum absolute atomic E-state index is 0.0715. The number of rotatable bonds is 4. The number of aliphatic hydroxyl groups excluding tert-OH is 1. The number of piperidine rings is 1. The number of nitrogens with two attached hydrogens (primary N) is 1. The number of nitrogens with zero attached hydrogens (tertiary/aromatic N) is 1. The number of hydrogen-bond acceptors (Lipinski definition) is 3. The largest absolute Gasteiger partial charge is 0.393 e. The SMILES string of the molecule is NC1CC(CC(O)C2CC2)CN(c2cccc(F)c2F)C1. The fourth-order valence-corrected chi connectivity index (χ4v) is 3.37. The molecule has 3 N–H and O–H groups in total. The molecule has 1 aromatic rings. The van der Waals surface area contributed by atoms with E-state index in [-0.39, 0.29) is 23.8 Å². The third-order valence-electron chi connectivity index (χ3n) is 4.58. The molecule has 0 bridgehead atoms. The van der Waals surface area contributed by atoms with Crippen molar-refractivity contribution in [2.24, 2.45) is 17.6 Å². The Morgan fingerprint density at radius 1 is 1.29 bits per heavy atom. The zero-order valence-corrected chi connectivity index (χ0v) is 12.0. The van der Waals surface area contributed by atoms with Crippen molar-refractivity contribution in [3.05, 3.63) is 29.8 Å². The molecule has 0 spiro atoms. The molecule has 1 saturated heterocycles. The van der Waals surface area contributed by atoms with Gasteiger partial charge >= 0.3 is 0 Å². The van der Waals surface area contributed by atoms with E-state index in [0.29, 0.717) is 25.4 Å². The molecule has 0 aromatic heterocycles. The molecule has 3 unspecified atom stereocenters. The van der Waals surface area contributed by atoms with Crippen LogP contribution in [0.25, 0.3) is 0 Å². The Morgan fingerprint density at radius 2 is 2.05 bits per heavy atom. The molecule has 2 aliphatic rings. The molecule has 1 aliphatic heterocycles. The summed E-state index contributed by atoms with van der Waals surface area (Å²) >= 11 is 0. The number of hydrogen-bond donors (Lipinski definition) is 2. The molecule has 1 heterocycles. The lowest BCUT2D eigenvalue weighted by Gasteiger charge is -2.38. The van der Waals surface area contributed by atoms with Crippen LogP contribution < -0.4 is 10.6 Å². The zero-order chi connectivity index (χ0) is 15.0. The van der Waals surface area contributed by atoms with Gasteiger partial charge in [0.25, 0.3) is 0 Å². The first-order valence-corrected chi connectivity index (χ1v) is 7.67. The van der Waals surface area contributed by atoms with E-state index < -0.39 is 11.6 Å². The Bertz CT molecular complexity index is 507. The molecule has 5 heteroatoms. The highest BCUT2D eigenvalue weighted by Crippen LogP contribution is 2.37. The fourth-order valence-electron chi connectivity index (χ4n) is 3.37. The fraction of sp³-hybridized carbons (Fsp3) is 0.625. The van der Waals surface area contributed by atoms with Gasteiger partial charge in [-0.1, -0.05) is 6.07 Å². The van der Waals surface area contributed by atoms with Crippen molar-refractivity contribution in [2.75, 3.05) is 18.0 Å². The van der Waals surface area contributed by atoms with Crippen molar-refractivity contribution in [1.29, 1.82) is 0 Å². The first-order chi connectivity index (χ1) is 10.0. The van der Waals surface area contributed by atoms with E-state index in [2.05, 4.69) is 0 Å². The van der Waals surface area contributed by atoms with Gasteiger partial charge in [0.05, 0.1) is 11.8 Å². The lowest BCUT2D eigenvalue weighted by atomic mass is 9.88. The average molecular weight is 296 g/mol. The maximum atomic E-state index is 13.9. The highest BCUT2D eigenvalue weighted by atomic mass is 19.2. The van der Waals surface area contributed by atoms with E-state index in [9.17, 15) is 13.9 Å². The third kappa shape index (κ3) is 3.35. The van der Waals surface area contributed by atoms with E-state index in [1.807, 2.05) is 4.90 Å². The molecule has 116 valence electrons. The van der Waals surface area contributed by atoms with Crippen LogP contribution in [0.15, 0.2) is 18.2 Å². The van der Waals surface area contributed by atoms with Gasteiger partial charge in [-0.2, -0.15) is 0 Å². The van der Waals surface area contributed by atoms with Crippen molar-refractivity contribution in [3.8, 4) is 0 Å². The summed E-state index contributed by atoms with van der Waals surface area (Å²) < 4.78 is 27.3. The lowest BCUT2D eigenvalue weighted by molar-refractivity contribution is 0.114. The van der Waals surface area contributed by atoms with Crippen molar-refractivity contribution < 1.29 is 13.9 Å². The number of aliphatic hydroxyl groups is 1. The van der Waals surface area contributed by atoms with Crippen LogP contribution in [0, 0.1) is 23.5 Å². The summed E-state index contributed by atoms with van der Waals surface area (Å²) in [4.78, 5) is 1.82. The van der Waals surface area contributed by atoms with Crippen LogP contribution in [0.1, 0.15) is 25.7 Å². The van der Waals surface area contributed by atoms with Gasteiger partial charge < -0.3 is 15.7 Å². The van der Waals surface area contributed by atoms with Crippen LogP contribution in [-0.4, -0.2) is 30.3 Å². The Hall–Kier alpha value is -1.20. The monoisotopic (exact) mass is 296 g/mol. The summed E-state index contributed by atoms with van der Waals surface area (Å²) in [6, 6.07) is 4.15. The van der Waals surface area contributed by atoms with E-state index in [4.69, 9.17) is 5.73 Å². The molecule has 3 rings (SSSR count). The maximum Gasteiger partial charge on any atom is 0.182 e. The topological polar surface area (TPSA) is 49.5 Å². The molecule has 0 amide bonds. The Labute approximate surface area is 123 Å². The Kier molecular flexibility index (Phi) is 4.13. The second-order valence-electron chi connectivity index (χ2n) is 6.48. The quantitative estimate of drug-likeness (QED) is 0.896. The molecular weight excluding hydrogens is 274 g/mol. The Balaban J connectivity index is 1.71. The minimum Gasteiger partial charge on any atom is -0.393 e.